The Balaban J connectivity index is 2.01. The van der Waals surface area contributed by atoms with E-state index >= 15 is 0 Å². The summed E-state index contributed by atoms with van der Waals surface area (Å²) in [6.45, 7) is 22.5. The Labute approximate surface area is 225 Å². The van der Waals surface area contributed by atoms with Crippen molar-refractivity contribution in [3.63, 3.8) is 0 Å². The molecule has 0 aliphatic carbocycles. The van der Waals surface area contributed by atoms with E-state index < -0.39 is 26.6 Å². The highest BCUT2D eigenvalue weighted by atomic mass is 28.4. The van der Waals surface area contributed by atoms with Crippen LogP contribution in [0.15, 0.2) is 42.6 Å². The van der Waals surface area contributed by atoms with Crippen LogP contribution in [-0.2, 0) is 13.7 Å². The molecule has 202 valence electrons. The topological polar surface area (TPSA) is 59.0 Å². The predicted molar refractivity (Wildman–Crippen MR) is 155 cm³/mol. The molecule has 0 spiro atoms. The number of hydrogen-bond acceptors (Lipinski definition) is 6. The Morgan fingerprint density at radius 2 is 1.65 bits per heavy atom. The van der Waals surface area contributed by atoms with Gasteiger partial charge in [0.1, 0.15) is 0 Å². The number of nitrogens with zero attached hydrogens (tertiary/aromatic N) is 1. The van der Waals surface area contributed by atoms with Crippen molar-refractivity contribution in [2.24, 2.45) is 0 Å². The van der Waals surface area contributed by atoms with Gasteiger partial charge in [0.2, 0.25) is 0 Å². The highest BCUT2D eigenvalue weighted by molar-refractivity contribution is 6.74. The Morgan fingerprint density at radius 1 is 1.00 bits per heavy atom. The summed E-state index contributed by atoms with van der Waals surface area (Å²) in [5.41, 5.74) is 3.11. The third-order valence-electron chi connectivity index (χ3n) is 7.91. The molecular formula is C29H44BNO5Si. The maximum atomic E-state index is 6.65. The molecule has 1 aliphatic rings. The van der Waals surface area contributed by atoms with Gasteiger partial charge in [0.25, 0.3) is 0 Å². The number of hydrogen-bond donors (Lipinski definition) is 0. The third-order valence-corrected chi connectivity index (χ3v) is 12.4. The number of methoxy groups -OCH3 is 1. The van der Waals surface area contributed by atoms with Crippen LogP contribution in [0.3, 0.4) is 0 Å². The van der Waals surface area contributed by atoms with Crippen molar-refractivity contribution in [3.8, 4) is 22.6 Å². The second-order valence-electron chi connectivity index (χ2n) is 12.1. The molecule has 0 amide bonds. The first-order valence-corrected chi connectivity index (χ1v) is 16.0. The molecule has 0 saturated carbocycles. The lowest BCUT2D eigenvalue weighted by Gasteiger charge is -2.36. The lowest BCUT2D eigenvalue weighted by Crippen LogP contribution is -2.41. The standard InChI is InChI=1S/C29H44BNO5Si/c1-12-33-26-16-21(13-14-25(26)32-9)22-15-23(19-31-18-22)24(20-34-37(10,11)27(2,3)4)17-30-35-28(5,6)29(7,8)36-30/h13-19H,12,20H2,1-11H3. The summed E-state index contributed by atoms with van der Waals surface area (Å²) >= 11 is 0. The van der Waals surface area contributed by atoms with Crippen LogP contribution in [0, 0.1) is 0 Å². The minimum atomic E-state index is -1.99. The molecule has 0 N–H and O–H groups in total. The van der Waals surface area contributed by atoms with Gasteiger partial charge in [-0.25, -0.2) is 0 Å². The molecule has 2 aromatic rings. The van der Waals surface area contributed by atoms with Gasteiger partial charge in [0.05, 0.1) is 31.5 Å². The summed E-state index contributed by atoms with van der Waals surface area (Å²) in [7, 11) is -0.818. The maximum Gasteiger partial charge on any atom is 0.487 e. The molecule has 0 atom stereocenters. The number of ether oxygens (including phenoxy) is 2. The highest BCUT2D eigenvalue weighted by Gasteiger charge is 2.50. The summed E-state index contributed by atoms with van der Waals surface area (Å²) in [6, 6.07) is 8.07. The smallest absolute Gasteiger partial charge is 0.487 e. The molecule has 3 rings (SSSR count). The number of aromatic nitrogens is 1. The van der Waals surface area contributed by atoms with Crippen molar-refractivity contribution >= 4 is 21.0 Å². The number of benzene rings is 1. The summed E-state index contributed by atoms with van der Waals surface area (Å²) in [5.74, 6) is 3.46. The van der Waals surface area contributed by atoms with E-state index in [1.54, 1.807) is 7.11 Å². The monoisotopic (exact) mass is 525 g/mol. The molecule has 1 aromatic heterocycles. The molecule has 1 saturated heterocycles. The molecule has 0 unspecified atom stereocenters. The van der Waals surface area contributed by atoms with Gasteiger partial charge in [-0.2, -0.15) is 0 Å². The lowest BCUT2D eigenvalue weighted by atomic mass is 9.85. The third kappa shape index (κ3) is 6.66. The van der Waals surface area contributed by atoms with E-state index in [4.69, 9.17) is 23.2 Å². The van der Waals surface area contributed by atoms with Crippen molar-refractivity contribution in [1.82, 2.24) is 4.98 Å². The second-order valence-corrected chi connectivity index (χ2v) is 16.9. The van der Waals surface area contributed by atoms with Crippen LogP contribution < -0.4 is 9.47 Å². The predicted octanol–water partition coefficient (Wildman–Crippen LogP) is 7.19. The quantitative estimate of drug-likeness (QED) is 0.323. The molecule has 1 aliphatic heterocycles. The molecular weight excluding hydrogens is 481 g/mol. The van der Waals surface area contributed by atoms with Crippen molar-refractivity contribution in [2.75, 3.05) is 20.3 Å². The van der Waals surface area contributed by atoms with E-state index in [2.05, 4.69) is 72.6 Å². The van der Waals surface area contributed by atoms with Crippen LogP contribution in [0.5, 0.6) is 11.5 Å². The Hall–Kier alpha value is -2.13. The molecule has 0 bridgehead atoms. The molecule has 37 heavy (non-hydrogen) atoms. The number of pyridine rings is 1. The van der Waals surface area contributed by atoms with Gasteiger partial charge in [-0.3, -0.25) is 4.98 Å². The van der Waals surface area contributed by atoms with Gasteiger partial charge in [0, 0.05) is 18.0 Å². The largest absolute Gasteiger partial charge is 0.493 e. The van der Waals surface area contributed by atoms with Gasteiger partial charge in [0.15, 0.2) is 19.8 Å². The Kier molecular flexibility index (Phi) is 8.69. The summed E-state index contributed by atoms with van der Waals surface area (Å²) in [6.07, 6.45) is 3.74. The van der Waals surface area contributed by atoms with Gasteiger partial charge in [-0.1, -0.05) is 26.8 Å². The Morgan fingerprint density at radius 3 is 2.22 bits per heavy atom. The highest BCUT2D eigenvalue weighted by Crippen LogP contribution is 2.40. The summed E-state index contributed by atoms with van der Waals surface area (Å²) in [5, 5.41) is 0.0985. The van der Waals surface area contributed by atoms with Gasteiger partial charge < -0.3 is 23.2 Å². The van der Waals surface area contributed by atoms with E-state index in [1.807, 2.05) is 43.5 Å². The first-order valence-electron chi connectivity index (χ1n) is 13.1. The van der Waals surface area contributed by atoms with E-state index in [-0.39, 0.29) is 5.04 Å². The normalized spacial score (nSPS) is 17.7. The van der Waals surface area contributed by atoms with Crippen LogP contribution in [-0.4, -0.2) is 51.9 Å². The van der Waals surface area contributed by atoms with Crippen molar-refractivity contribution in [3.05, 3.63) is 48.2 Å². The molecule has 6 nitrogen and oxygen atoms in total. The average Bonchev–Trinajstić information content (AvgIpc) is 3.01. The van der Waals surface area contributed by atoms with Crippen LogP contribution in [0.25, 0.3) is 16.7 Å². The fourth-order valence-electron chi connectivity index (χ4n) is 3.72. The van der Waals surface area contributed by atoms with Crippen molar-refractivity contribution < 1.29 is 23.2 Å². The molecule has 2 heterocycles. The van der Waals surface area contributed by atoms with Crippen LogP contribution in [0.2, 0.25) is 18.1 Å². The molecule has 0 radical (unpaired) electrons. The van der Waals surface area contributed by atoms with Gasteiger partial charge in [-0.15, -0.1) is 0 Å². The fraction of sp³-hybridized carbons (Fsp3) is 0.552. The summed E-state index contributed by atoms with van der Waals surface area (Å²) in [4.78, 5) is 4.59. The Bertz CT molecular complexity index is 1110. The first-order chi connectivity index (χ1) is 17.1. The van der Waals surface area contributed by atoms with E-state index in [9.17, 15) is 0 Å². The second kappa shape index (κ2) is 10.9. The minimum Gasteiger partial charge on any atom is -0.493 e. The van der Waals surface area contributed by atoms with Crippen LogP contribution in [0.4, 0.5) is 0 Å². The van der Waals surface area contributed by atoms with Crippen LogP contribution >= 0.6 is 0 Å². The van der Waals surface area contributed by atoms with E-state index in [0.29, 0.717) is 24.7 Å². The zero-order chi connectivity index (χ0) is 27.6. The lowest BCUT2D eigenvalue weighted by molar-refractivity contribution is 0.00578. The van der Waals surface area contributed by atoms with Crippen molar-refractivity contribution in [1.29, 1.82) is 0 Å². The first kappa shape index (κ1) is 29.4. The van der Waals surface area contributed by atoms with E-state index in [1.165, 1.54) is 0 Å². The minimum absolute atomic E-state index is 0.0985. The molecule has 1 fully saturated rings. The number of rotatable bonds is 9. The van der Waals surface area contributed by atoms with E-state index in [0.717, 1.165) is 22.3 Å². The van der Waals surface area contributed by atoms with Crippen LogP contribution in [0.1, 0.15) is 61.0 Å². The zero-order valence-corrected chi connectivity index (χ0v) is 25.5. The molecule has 8 heteroatoms. The van der Waals surface area contributed by atoms with Crippen molar-refractivity contribution in [2.45, 2.75) is 84.7 Å². The SMILES string of the molecule is CCOc1cc(-c2cncc(C(=CB3OC(C)(C)C(C)(C)O3)CO[Si](C)(C)C(C)(C)C)c2)ccc1OC. The van der Waals surface area contributed by atoms with Gasteiger partial charge in [-0.05, 0) is 93.6 Å². The summed E-state index contributed by atoms with van der Waals surface area (Å²) < 4.78 is 30.5. The molecule has 1 aromatic carbocycles. The maximum absolute atomic E-state index is 6.65. The average molecular weight is 526 g/mol. The fourth-order valence-corrected chi connectivity index (χ4v) is 4.67. The van der Waals surface area contributed by atoms with Gasteiger partial charge >= 0.3 is 7.12 Å². The zero-order valence-electron chi connectivity index (χ0n) is 24.5.